The second kappa shape index (κ2) is 6.87. The molecule has 1 N–H and O–H groups in total. The average Bonchev–Trinajstić information content (AvgIpc) is 2.45. The van der Waals surface area contributed by atoms with Crippen LogP contribution in [0.4, 0.5) is 0 Å². The molecule has 0 aliphatic rings. The van der Waals surface area contributed by atoms with Gasteiger partial charge in [0, 0.05) is 18.8 Å². The molecule has 0 bridgehead atoms. The molecule has 18 heavy (non-hydrogen) atoms. The van der Waals surface area contributed by atoms with Gasteiger partial charge in [0.15, 0.2) is 0 Å². The molecule has 2 aromatic rings. The maximum atomic E-state index is 4.22. The average molecular weight is 241 g/mol. The lowest BCUT2D eigenvalue weighted by atomic mass is 10.0. The Morgan fingerprint density at radius 1 is 1.17 bits per heavy atom. The molecule has 1 aromatic heterocycles. The van der Waals surface area contributed by atoms with Gasteiger partial charge in [0.05, 0.1) is 5.69 Å². The maximum absolute atomic E-state index is 4.22. The van der Waals surface area contributed by atoms with E-state index in [1.54, 1.807) is 12.5 Å². The number of benzene rings is 1. The Morgan fingerprint density at radius 3 is 2.67 bits per heavy atom. The lowest BCUT2D eigenvalue weighted by molar-refractivity contribution is 0.490. The molecule has 94 valence electrons. The third-order valence-electron chi connectivity index (χ3n) is 3.03. The van der Waals surface area contributed by atoms with Crippen molar-refractivity contribution in [3.8, 4) is 0 Å². The highest BCUT2D eigenvalue weighted by molar-refractivity contribution is 5.15. The van der Waals surface area contributed by atoms with E-state index in [0.717, 1.165) is 25.1 Å². The van der Waals surface area contributed by atoms with Gasteiger partial charge in [-0.25, -0.2) is 9.97 Å². The molecule has 1 atom stereocenters. The zero-order chi connectivity index (χ0) is 12.6. The van der Waals surface area contributed by atoms with Crippen LogP contribution in [0.15, 0.2) is 48.9 Å². The van der Waals surface area contributed by atoms with Crippen LogP contribution in [0.25, 0.3) is 0 Å². The first-order valence-electron chi connectivity index (χ1n) is 6.40. The molecule has 2 rings (SSSR count). The van der Waals surface area contributed by atoms with Crippen molar-refractivity contribution in [3.63, 3.8) is 0 Å². The lowest BCUT2D eigenvalue weighted by Crippen LogP contribution is -2.30. The number of hydrogen-bond acceptors (Lipinski definition) is 3. The number of rotatable bonds is 6. The fourth-order valence-corrected chi connectivity index (χ4v) is 1.93. The quantitative estimate of drug-likeness (QED) is 0.844. The summed E-state index contributed by atoms with van der Waals surface area (Å²) in [5.74, 6) is 0. The summed E-state index contributed by atoms with van der Waals surface area (Å²) in [6.07, 6.45) is 5.54. The summed E-state index contributed by atoms with van der Waals surface area (Å²) in [4.78, 5) is 8.14. The Hall–Kier alpha value is -1.74. The summed E-state index contributed by atoms with van der Waals surface area (Å²) in [6, 6.07) is 13.0. The molecule has 1 unspecified atom stereocenters. The van der Waals surface area contributed by atoms with E-state index in [0.29, 0.717) is 6.04 Å². The van der Waals surface area contributed by atoms with Crippen molar-refractivity contribution in [3.05, 3.63) is 60.2 Å². The monoisotopic (exact) mass is 241 g/mol. The largest absolute Gasteiger partial charge is 0.308 e. The summed E-state index contributed by atoms with van der Waals surface area (Å²) in [5, 5.41) is 3.54. The minimum atomic E-state index is 0.488. The van der Waals surface area contributed by atoms with Gasteiger partial charge < -0.3 is 5.32 Å². The highest BCUT2D eigenvalue weighted by Gasteiger charge is 2.06. The van der Waals surface area contributed by atoms with Gasteiger partial charge in [0.1, 0.15) is 6.33 Å². The number of aromatic nitrogens is 2. The van der Waals surface area contributed by atoms with Gasteiger partial charge >= 0.3 is 0 Å². The Morgan fingerprint density at radius 2 is 2.00 bits per heavy atom. The molecule has 1 heterocycles. The van der Waals surface area contributed by atoms with Gasteiger partial charge in [-0.1, -0.05) is 37.3 Å². The molecule has 0 spiro atoms. The van der Waals surface area contributed by atoms with Crippen LogP contribution in [0.1, 0.15) is 24.6 Å². The molecule has 3 nitrogen and oxygen atoms in total. The molecular weight excluding hydrogens is 222 g/mol. The molecule has 0 saturated carbocycles. The Kier molecular flexibility index (Phi) is 4.85. The van der Waals surface area contributed by atoms with E-state index in [4.69, 9.17) is 0 Å². The fraction of sp³-hybridized carbons (Fsp3) is 0.333. The van der Waals surface area contributed by atoms with Crippen molar-refractivity contribution in [1.29, 1.82) is 0 Å². The van der Waals surface area contributed by atoms with Gasteiger partial charge in [-0.3, -0.25) is 0 Å². The lowest BCUT2D eigenvalue weighted by Gasteiger charge is -2.16. The van der Waals surface area contributed by atoms with Crippen LogP contribution >= 0.6 is 0 Å². The first-order valence-corrected chi connectivity index (χ1v) is 6.40. The molecule has 3 heteroatoms. The number of hydrogen-bond donors (Lipinski definition) is 1. The van der Waals surface area contributed by atoms with Crippen LogP contribution in [0.2, 0.25) is 0 Å². The first kappa shape index (κ1) is 12.7. The molecule has 0 aliphatic carbocycles. The number of nitrogens with zero attached hydrogens (tertiary/aromatic N) is 2. The van der Waals surface area contributed by atoms with Crippen molar-refractivity contribution >= 4 is 0 Å². The molecule has 1 aromatic carbocycles. The summed E-state index contributed by atoms with van der Waals surface area (Å²) in [6.45, 7) is 3.01. The van der Waals surface area contributed by atoms with Crippen molar-refractivity contribution in [2.75, 3.05) is 0 Å². The summed E-state index contributed by atoms with van der Waals surface area (Å²) >= 11 is 0. The van der Waals surface area contributed by atoms with E-state index >= 15 is 0 Å². The molecule has 0 radical (unpaired) electrons. The van der Waals surface area contributed by atoms with E-state index in [1.807, 2.05) is 6.07 Å². The van der Waals surface area contributed by atoms with Crippen LogP contribution in [-0.4, -0.2) is 16.0 Å². The molecule has 0 fully saturated rings. The van der Waals surface area contributed by atoms with E-state index in [9.17, 15) is 0 Å². The van der Waals surface area contributed by atoms with Gasteiger partial charge in [-0.2, -0.15) is 0 Å². The van der Waals surface area contributed by atoms with E-state index in [-0.39, 0.29) is 0 Å². The Balaban J connectivity index is 1.86. The minimum Gasteiger partial charge on any atom is -0.308 e. The zero-order valence-corrected chi connectivity index (χ0v) is 10.7. The maximum Gasteiger partial charge on any atom is 0.115 e. The number of nitrogens with one attached hydrogen (secondary N) is 1. The topological polar surface area (TPSA) is 37.8 Å². The minimum absolute atomic E-state index is 0.488. The highest BCUT2D eigenvalue weighted by atomic mass is 14.9. The Labute approximate surface area is 108 Å². The molecular formula is C15H19N3. The molecule has 0 amide bonds. The third kappa shape index (κ3) is 3.93. The van der Waals surface area contributed by atoms with E-state index < -0.39 is 0 Å². The SMILES string of the molecule is CCC(Cc1ccccc1)NCc1ccncn1. The second-order valence-electron chi connectivity index (χ2n) is 4.38. The van der Waals surface area contributed by atoms with Gasteiger partial charge in [0.25, 0.3) is 0 Å². The second-order valence-corrected chi connectivity index (χ2v) is 4.38. The van der Waals surface area contributed by atoms with E-state index in [1.165, 1.54) is 5.56 Å². The van der Waals surface area contributed by atoms with Crippen molar-refractivity contribution in [2.24, 2.45) is 0 Å². The van der Waals surface area contributed by atoms with Crippen LogP contribution in [0.5, 0.6) is 0 Å². The summed E-state index contributed by atoms with van der Waals surface area (Å²) < 4.78 is 0. The van der Waals surface area contributed by atoms with Crippen molar-refractivity contribution in [1.82, 2.24) is 15.3 Å². The fourth-order valence-electron chi connectivity index (χ4n) is 1.93. The molecule has 0 saturated heterocycles. The summed E-state index contributed by atoms with van der Waals surface area (Å²) in [7, 11) is 0. The van der Waals surface area contributed by atoms with Crippen LogP contribution in [0, 0.1) is 0 Å². The predicted octanol–water partition coefficient (Wildman–Crippen LogP) is 2.59. The highest BCUT2D eigenvalue weighted by Crippen LogP contribution is 2.06. The molecule has 0 aliphatic heterocycles. The van der Waals surface area contributed by atoms with Crippen molar-refractivity contribution in [2.45, 2.75) is 32.4 Å². The normalized spacial score (nSPS) is 12.3. The van der Waals surface area contributed by atoms with Crippen LogP contribution < -0.4 is 5.32 Å². The van der Waals surface area contributed by atoms with Crippen LogP contribution in [-0.2, 0) is 13.0 Å². The van der Waals surface area contributed by atoms with E-state index in [2.05, 4.69) is 52.5 Å². The van der Waals surface area contributed by atoms with Gasteiger partial charge in [0.2, 0.25) is 0 Å². The van der Waals surface area contributed by atoms with Crippen LogP contribution in [0.3, 0.4) is 0 Å². The summed E-state index contributed by atoms with van der Waals surface area (Å²) in [5.41, 5.74) is 2.41. The predicted molar refractivity (Wildman–Crippen MR) is 73.1 cm³/mol. The Bertz CT molecular complexity index is 442. The third-order valence-corrected chi connectivity index (χ3v) is 3.03. The van der Waals surface area contributed by atoms with Crippen molar-refractivity contribution < 1.29 is 0 Å². The van der Waals surface area contributed by atoms with Gasteiger partial charge in [-0.15, -0.1) is 0 Å². The zero-order valence-electron chi connectivity index (χ0n) is 10.7. The standard InChI is InChI=1S/C15H19N3/c1-2-14(10-13-6-4-3-5-7-13)17-11-15-8-9-16-12-18-15/h3-9,12,14,17H,2,10-11H2,1H3. The van der Waals surface area contributed by atoms with Gasteiger partial charge in [-0.05, 0) is 24.5 Å². The smallest absolute Gasteiger partial charge is 0.115 e. The first-order chi connectivity index (χ1) is 8.88.